The fourth-order valence-corrected chi connectivity index (χ4v) is 0.748. The van der Waals surface area contributed by atoms with Gasteiger partial charge in [-0.25, -0.2) is 0 Å². The number of hydrogen-bond donors (Lipinski definition) is 1. The van der Waals surface area contributed by atoms with Gasteiger partial charge in [0.15, 0.2) is 0 Å². The molecule has 0 spiro atoms. The Morgan fingerprint density at radius 2 is 2.27 bits per heavy atom. The highest BCUT2D eigenvalue weighted by Crippen LogP contribution is 1.95. The molecule has 2 N–H and O–H groups in total. The van der Waals surface area contributed by atoms with E-state index in [0.717, 1.165) is 0 Å². The summed E-state index contributed by atoms with van der Waals surface area (Å²) in [7, 11) is 3.23. The number of esters is 1. The number of nitrogens with two attached hydrogens (primary N) is 1. The van der Waals surface area contributed by atoms with Crippen LogP contribution < -0.4 is 5.73 Å². The number of methoxy groups -OCH3 is 1. The van der Waals surface area contributed by atoms with Crippen molar-refractivity contribution in [2.24, 2.45) is 5.73 Å². The van der Waals surface area contributed by atoms with Gasteiger partial charge in [-0.15, -0.1) is 0 Å². The Morgan fingerprint density at radius 1 is 1.73 bits per heavy atom. The predicted octanol–water partition coefficient (Wildman–Crippen LogP) is -0.562. The second kappa shape index (κ2) is 5.09. The minimum atomic E-state index is -0.221. The normalized spacial score (nSPS) is 13.2. The molecule has 0 saturated carbocycles. The molecule has 0 aromatic heterocycles. The van der Waals surface area contributed by atoms with Crippen LogP contribution in [0.4, 0.5) is 0 Å². The van der Waals surface area contributed by atoms with Gasteiger partial charge in [-0.05, 0) is 14.0 Å². The van der Waals surface area contributed by atoms with E-state index in [-0.39, 0.29) is 12.0 Å². The summed E-state index contributed by atoms with van der Waals surface area (Å²) in [6, 6.07) is -0.205. The SMILES string of the molecule is COC(=O)C(C)N(C)CCN. The summed E-state index contributed by atoms with van der Waals surface area (Å²) in [4.78, 5) is 12.8. The van der Waals surface area contributed by atoms with E-state index in [0.29, 0.717) is 13.1 Å². The first kappa shape index (κ1) is 10.4. The van der Waals surface area contributed by atoms with Crippen LogP contribution in [0.1, 0.15) is 6.92 Å². The van der Waals surface area contributed by atoms with E-state index in [4.69, 9.17) is 5.73 Å². The number of ether oxygens (including phenoxy) is 1. The Balaban J connectivity index is 3.80. The molecule has 0 aromatic carbocycles. The maximum Gasteiger partial charge on any atom is 0.322 e. The Hall–Kier alpha value is -0.610. The Labute approximate surface area is 67.3 Å². The van der Waals surface area contributed by atoms with E-state index >= 15 is 0 Å². The number of rotatable bonds is 4. The van der Waals surface area contributed by atoms with Crippen LogP contribution in [-0.4, -0.2) is 44.2 Å². The highest BCUT2D eigenvalue weighted by molar-refractivity contribution is 5.75. The molecule has 0 fully saturated rings. The molecule has 0 rings (SSSR count). The number of nitrogens with zero attached hydrogens (tertiary/aromatic N) is 1. The number of carbonyl (C=O) groups is 1. The van der Waals surface area contributed by atoms with Crippen LogP contribution in [0.5, 0.6) is 0 Å². The van der Waals surface area contributed by atoms with Crippen molar-refractivity contribution in [3.63, 3.8) is 0 Å². The van der Waals surface area contributed by atoms with E-state index in [1.54, 1.807) is 6.92 Å². The lowest BCUT2D eigenvalue weighted by molar-refractivity contribution is -0.145. The van der Waals surface area contributed by atoms with Gasteiger partial charge in [0.25, 0.3) is 0 Å². The number of hydrogen-bond acceptors (Lipinski definition) is 4. The first-order chi connectivity index (χ1) is 5.13. The fraction of sp³-hybridized carbons (Fsp3) is 0.857. The molecule has 0 bridgehead atoms. The lowest BCUT2D eigenvalue weighted by atomic mass is 10.3. The van der Waals surface area contributed by atoms with Crippen molar-refractivity contribution in [1.29, 1.82) is 0 Å². The third-order valence-corrected chi connectivity index (χ3v) is 1.69. The third-order valence-electron chi connectivity index (χ3n) is 1.69. The Bertz CT molecular complexity index is 128. The molecule has 66 valence electrons. The monoisotopic (exact) mass is 160 g/mol. The average Bonchev–Trinajstić information content (AvgIpc) is 2.02. The van der Waals surface area contributed by atoms with Crippen molar-refractivity contribution in [1.82, 2.24) is 4.90 Å². The summed E-state index contributed by atoms with van der Waals surface area (Å²) in [5.41, 5.74) is 5.32. The van der Waals surface area contributed by atoms with Gasteiger partial charge in [-0.2, -0.15) is 0 Å². The minimum absolute atomic E-state index is 0.205. The molecule has 0 amide bonds. The molecule has 4 heteroatoms. The Morgan fingerprint density at radius 3 is 2.64 bits per heavy atom. The van der Waals surface area contributed by atoms with Crippen LogP contribution in [0.25, 0.3) is 0 Å². The van der Waals surface area contributed by atoms with Crippen molar-refractivity contribution in [3.8, 4) is 0 Å². The average molecular weight is 160 g/mol. The molecule has 11 heavy (non-hydrogen) atoms. The molecule has 0 aliphatic heterocycles. The van der Waals surface area contributed by atoms with Crippen molar-refractivity contribution < 1.29 is 9.53 Å². The van der Waals surface area contributed by atoms with Gasteiger partial charge in [0.05, 0.1) is 7.11 Å². The predicted molar refractivity (Wildman–Crippen MR) is 43.2 cm³/mol. The molecular formula is C7H16N2O2. The highest BCUT2D eigenvalue weighted by atomic mass is 16.5. The van der Waals surface area contributed by atoms with E-state index in [1.807, 2.05) is 11.9 Å². The zero-order chi connectivity index (χ0) is 8.85. The quantitative estimate of drug-likeness (QED) is 0.560. The van der Waals surface area contributed by atoms with Gasteiger partial charge in [-0.3, -0.25) is 9.69 Å². The minimum Gasteiger partial charge on any atom is -0.468 e. The maximum atomic E-state index is 10.9. The molecular weight excluding hydrogens is 144 g/mol. The summed E-state index contributed by atoms with van der Waals surface area (Å²) in [5.74, 6) is -0.221. The molecule has 0 aliphatic rings. The smallest absolute Gasteiger partial charge is 0.322 e. The summed E-state index contributed by atoms with van der Waals surface area (Å²) in [6.07, 6.45) is 0. The molecule has 0 saturated heterocycles. The molecule has 0 aliphatic carbocycles. The van der Waals surface area contributed by atoms with Crippen LogP contribution in [0.3, 0.4) is 0 Å². The van der Waals surface area contributed by atoms with Crippen LogP contribution in [-0.2, 0) is 9.53 Å². The fourth-order valence-electron chi connectivity index (χ4n) is 0.748. The van der Waals surface area contributed by atoms with Gasteiger partial charge in [0.2, 0.25) is 0 Å². The molecule has 0 aromatic rings. The van der Waals surface area contributed by atoms with E-state index < -0.39 is 0 Å². The van der Waals surface area contributed by atoms with Crippen LogP contribution in [0.2, 0.25) is 0 Å². The number of likely N-dealkylation sites (N-methyl/N-ethyl adjacent to an activating group) is 1. The lowest BCUT2D eigenvalue weighted by Gasteiger charge is -2.21. The first-order valence-electron chi connectivity index (χ1n) is 3.61. The summed E-state index contributed by atoms with van der Waals surface area (Å²) in [6.45, 7) is 3.05. The van der Waals surface area contributed by atoms with E-state index in [2.05, 4.69) is 4.74 Å². The van der Waals surface area contributed by atoms with Gasteiger partial charge in [0.1, 0.15) is 6.04 Å². The standard InChI is InChI=1S/C7H16N2O2/c1-6(7(10)11-3)9(2)5-4-8/h6H,4-5,8H2,1-3H3. The third kappa shape index (κ3) is 3.34. The molecule has 1 atom stereocenters. The second-order valence-electron chi connectivity index (χ2n) is 2.47. The van der Waals surface area contributed by atoms with Crippen molar-refractivity contribution >= 4 is 5.97 Å². The summed E-state index contributed by atoms with van der Waals surface area (Å²) >= 11 is 0. The zero-order valence-corrected chi connectivity index (χ0v) is 7.33. The largest absolute Gasteiger partial charge is 0.468 e. The van der Waals surface area contributed by atoms with E-state index in [9.17, 15) is 4.79 Å². The molecule has 4 nitrogen and oxygen atoms in total. The summed E-state index contributed by atoms with van der Waals surface area (Å²) < 4.78 is 4.56. The van der Waals surface area contributed by atoms with Crippen LogP contribution >= 0.6 is 0 Å². The molecule has 0 heterocycles. The Kier molecular flexibility index (Phi) is 4.81. The first-order valence-corrected chi connectivity index (χ1v) is 3.61. The highest BCUT2D eigenvalue weighted by Gasteiger charge is 2.16. The zero-order valence-electron chi connectivity index (χ0n) is 7.33. The van der Waals surface area contributed by atoms with Gasteiger partial charge < -0.3 is 10.5 Å². The lowest BCUT2D eigenvalue weighted by Crippen LogP contribution is -2.39. The second-order valence-corrected chi connectivity index (χ2v) is 2.47. The number of carbonyl (C=O) groups excluding carboxylic acids is 1. The molecule has 0 radical (unpaired) electrons. The van der Waals surface area contributed by atoms with Crippen LogP contribution in [0, 0.1) is 0 Å². The van der Waals surface area contributed by atoms with Crippen molar-refractivity contribution in [3.05, 3.63) is 0 Å². The van der Waals surface area contributed by atoms with Crippen molar-refractivity contribution in [2.45, 2.75) is 13.0 Å². The van der Waals surface area contributed by atoms with Gasteiger partial charge in [0, 0.05) is 13.1 Å². The molecule has 1 unspecified atom stereocenters. The maximum absolute atomic E-state index is 10.9. The van der Waals surface area contributed by atoms with Crippen LogP contribution in [0.15, 0.2) is 0 Å². The van der Waals surface area contributed by atoms with Gasteiger partial charge in [-0.1, -0.05) is 0 Å². The van der Waals surface area contributed by atoms with Gasteiger partial charge >= 0.3 is 5.97 Å². The van der Waals surface area contributed by atoms with Crippen molar-refractivity contribution in [2.75, 3.05) is 27.2 Å². The topological polar surface area (TPSA) is 55.6 Å². The van der Waals surface area contributed by atoms with E-state index in [1.165, 1.54) is 7.11 Å². The summed E-state index contributed by atoms with van der Waals surface area (Å²) in [5, 5.41) is 0.